The van der Waals surface area contributed by atoms with Gasteiger partial charge in [0.05, 0.1) is 11.2 Å². The minimum absolute atomic E-state index is 0.210. The Morgan fingerprint density at radius 3 is 2.81 bits per heavy atom. The van der Waals surface area contributed by atoms with E-state index in [1.54, 1.807) is 6.92 Å². The zero-order valence-electron chi connectivity index (χ0n) is 8.41. The minimum Gasteiger partial charge on any atom is -0.382 e. The van der Waals surface area contributed by atoms with Crippen molar-refractivity contribution in [2.75, 3.05) is 5.73 Å². The number of nitrogen functional groups attached to an aromatic ring is 1. The number of aryl methyl sites for hydroxylation is 1. The van der Waals surface area contributed by atoms with Gasteiger partial charge >= 0.3 is 0 Å². The molecule has 1 aromatic heterocycles. The van der Waals surface area contributed by atoms with E-state index in [9.17, 15) is 4.39 Å². The zero-order chi connectivity index (χ0) is 11.7. The highest BCUT2D eigenvalue weighted by Gasteiger charge is 2.11. The SMILES string of the molecule is Cc1cc(Cl)c(-c2nncc(N)n2)cc1F. The van der Waals surface area contributed by atoms with Gasteiger partial charge in [-0.1, -0.05) is 11.6 Å². The first-order valence-corrected chi connectivity index (χ1v) is 4.87. The molecule has 6 heteroatoms. The van der Waals surface area contributed by atoms with Crippen molar-refractivity contribution in [2.45, 2.75) is 6.92 Å². The van der Waals surface area contributed by atoms with E-state index in [0.717, 1.165) is 0 Å². The van der Waals surface area contributed by atoms with E-state index in [0.29, 0.717) is 16.1 Å². The maximum atomic E-state index is 13.4. The molecule has 2 aromatic rings. The molecule has 82 valence electrons. The second kappa shape index (κ2) is 4.02. The summed E-state index contributed by atoms with van der Waals surface area (Å²) in [6.45, 7) is 1.63. The molecule has 0 spiro atoms. The van der Waals surface area contributed by atoms with Crippen LogP contribution in [0.5, 0.6) is 0 Å². The molecule has 0 aliphatic rings. The second-order valence-corrected chi connectivity index (χ2v) is 3.69. The van der Waals surface area contributed by atoms with Crippen LogP contribution in [-0.2, 0) is 0 Å². The predicted octanol–water partition coefficient (Wildman–Crippen LogP) is 2.22. The largest absolute Gasteiger partial charge is 0.382 e. The van der Waals surface area contributed by atoms with Crippen LogP contribution in [0.2, 0.25) is 5.02 Å². The Bertz CT molecular complexity index is 544. The summed E-state index contributed by atoms with van der Waals surface area (Å²) in [5.74, 6) is 0.0522. The molecule has 0 bridgehead atoms. The molecule has 1 aromatic carbocycles. The van der Waals surface area contributed by atoms with Gasteiger partial charge in [-0.25, -0.2) is 9.37 Å². The topological polar surface area (TPSA) is 64.7 Å². The lowest BCUT2D eigenvalue weighted by atomic mass is 10.1. The van der Waals surface area contributed by atoms with Crippen molar-refractivity contribution in [3.8, 4) is 11.4 Å². The first-order chi connectivity index (χ1) is 7.58. The molecule has 0 radical (unpaired) electrons. The number of hydrogen-bond acceptors (Lipinski definition) is 4. The lowest BCUT2D eigenvalue weighted by molar-refractivity contribution is 0.619. The predicted molar refractivity (Wildman–Crippen MR) is 59.4 cm³/mol. The Labute approximate surface area is 96.3 Å². The zero-order valence-corrected chi connectivity index (χ0v) is 9.16. The molecule has 4 nitrogen and oxygen atoms in total. The molecule has 0 aliphatic carbocycles. The second-order valence-electron chi connectivity index (χ2n) is 3.29. The monoisotopic (exact) mass is 238 g/mol. The third-order valence-electron chi connectivity index (χ3n) is 2.07. The number of anilines is 1. The standard InChI is InChI=1S/C10H8ClFN4/c1-5-2-7(11)6(3-8(5)12)10-15-9(13)4-14-16-10/h2-4H,1H3,(H2,13,15,16). The van der Waals surface area contributed by atoms with Crippen LogP contribution in [0.15, 0.2) is 18.3 Å². The summed E-state index contributed by atoms with van der Waals surface area (Å²) in [7, 11) is 0. The van der Waals surface area contributed by atoms with Gasteiger partial charge in [0.1, 0.15) is 11.6 Å². The van der Waals surface area contributed by atoms with Gasteiger partial charge in [-0.15, -0.1) is 5.10 Å². The van der Waals surface area contributed by atoms with Crippen molar-refractivity contribution in [3.63, 3.8) is 0 Å². The Kier molecular flexibility index (Phi) is 2.70. The Balaban J connectivity index is 2.60. The molecule has 0 saturated heterocycles. The molecule has 2 N–H and O–H groups in total. The first-order valence-electron chi connectivity index (χ1n) is 4.49. The van der Waals surface area contributed by atoms with Crippen LogP contribution < -0.4 is 5.73 Å². The maximum absolute atomic E-state index is 13.4. The van der Waals surface area contributed by atoms with Gasteiger partial charge in [0.15, 0.2) is 5.82 Å². The molecule has 1 heterocycles. The van der Waals surface area contributed by atoms with Gasteiger partial charge in [0.2, 0.25) is 0 Å². The van der Waals surface area contributed by atoms with Crippen molar-refractivity contribution in [1.82, 2.24) is 15.2 Å². The van der Waals surface area contributed by atoms with Crippen LogP contribution >= 0.6 is 11.6 Å². The normalized spacial score (nSPS) is 10.4. The molecule has 0 unspecified atom stereocenters. The van der Waals surface area contributed by atoms with Crippen molar-refractivity contribution in [1.29, 1.82) is 0 Å². The highest BCUT2D eigenvalue weighted by Crippen LogP contribution is 2.27. The van der Waals surface area contributed by atoms with E-state index in [1.165, 1.54) is 18.3 Å². The summed E-state index contributed by atoms with van der Waals surface area (Å²) in [6, 6.07) is 2.78. The summed E-state index contributed by atoms with van der Waals surface area (Å²) in [5.41, 5.74) is 6.31. The average molecular weight is 239 g/mol. The van der Waals surface area contributed by atoms with E-state index in [2.05, 4.69) is 15.2 Å². The lowest BCUT2D eigenvalue weighted by Crippen LogP contribution is -1.98. The molecule has 16 heavy (non-hydrogen) atoms. The maximum Gasteiger partial charge on any atom is 0.185 e. The van der Waals surface area contributed by atoms with Crippen molar-refractivity contribution < 1.29 is 4.39 Å². The Morgan fingerprint density at radius 1 is 1.38 bits per heavy atom. The van der Waals surface area contributed by atoms with Crippen molar-refractivity contribution in [2.24, 2.45) is 0 Å². The molecule has 0 atom stereocenters. The fourth-order valence-corrected chi connectivity index (χ4v) is 1.55. The Hall–Kier alpha value is -1.75. The van der Waals surface area contributed by atoms with Gasteiger partial charge in [0, 0.05) is 5.56 Å². The van der Waals surface area contributed by atoms with Crippen LogP contribution in [0.1, 0.15) is 5.56 Å². The molecule has 0 fully saturated rings. The number of rotatable bonds is 1. The smallest absolute Gasteiger partial charge is 0.185 e. The van der Waals surface area contributed by atoms with Crippen LogP contribution in [0, 0.1) is 12.7 Å². The van der Waals surface area contributed by atoms with Gasteiger partial charge in [-0.3, -0.25) is 0 Å². The molecule has 0 amide bonds. The molecule has 2 rings (SSSR count). The Morgan fingerprint density at radius 2 is 2.12 bits per heavy atom. The lowest BCUT2D eigenvalue weighted by Gasteiger charge is -2.04. The number of aromatic nitrogens is 3. The summed E-state index contributed by atoms with van der Waals surface area (Å²) >= 11 is 5.97. The fourth-order valence-electron chi connectivity index (χ4n) is 1.25. The summed E-state index contributed by atoms with van der Waals surface area (Å²) in [5, 5.41) is 7.75. The number of halogens is 2. The van der Waals surface area contributed by atoms with E-state index in [4.69, 9.17) is 17.3 Å². The van der Waals surface area contributed by atoms with Crippen LogP contribution in [0.25, 0.3) is 11.4 Å². The van der Waals surface area contributed by atoms with Gasteiger partial charge < -0.3 is 5.73 Å². The number of nitrogens with two attached hydrogens (primary N) is 1. The number of nitrogens with zero attached hydrogens (tertiary/aromatic N) is 3. The highest BCUT2D eigenvalue weighted by atomic mass is 35.5. The quantitative estimate of drug-likeness (QED) is 0.827. The summed E-state index contributed by atoms with van der Waals surface area (Å²) in [4.78, 5) is 3.93. The third kappa shape index (κ3) is 1.94. The number of benzene rings is 1. The minimum atomic E-state index is -0.370. The van der Waals surface area contributed by atoms with Crippen LogP contribution in [0.3, 0.4) is 0 Å². The summed E-state index contributed by atoms with van der Waals surface area (Å²) < 4.78 is 13.4. The molecular formula is C10H8ClFN4. The number of hydrogen-bond donors (Lipinski definition) is 1. The van der Waals surface area contributed by atoms with E-state index < -0.39 is 0 Å². The molecule has 0 saturated carbocycles. The molecular weight excluding hydrogens is 231 g/mol. The fraction of sp³-hybridized carbons (Fsp3) is 0.100. The van der Waals surface area contributed by atoms with Crippen molar-refractivity contribution >= 4 is 17.4 Å². The van der Waals surface area contributed by atoms with E-state index in [-0.39, 0.29) is 17.5 Å². The van der Waals surface area contributed by atoms with Gasteiger partial charge in [-0.05, 0) is 24.6 Å². The van der Waals surface area contributed by atoms with Gasteiger partial charge in [-0.2, -0.15) is 5.10 Å². The van der Waals surface area contributed by atoms with Crippen LogP contribution in [0.4, 0.5) is 10.2 Å². The summed E-state index contributed by atoms with van der Waals surface area (Å²) in [6.07, 6.45) is 1.31. The van der Waals surface area contributed by atoms with E-state index >= 15 is 0 Å². The third-order valence-corrected chi connectivity index (χ3v) is 2.38. The van der Waals surface area contributed by atoms with Crippen LogP contribution in [-0.4, -0.2) is 15.2 Å². The van der Waals surface area contributed by atoms with Gasteiger partial charge in [0.25, 0.3) is 0 Å². The highest BCUT2D eigenvalue weighted by molar-refractivity contribution is 6.33. The first kappa shape index (κ1) is 10.8. The van der Waals surface area contributed by atoms with Crippen molar-refractivity contribution in [3.05, 3.63) is 34.7 Å². The van der Waals surface area contributed by atoms with E-state index in [1.807, 2.05) is 0 Å². The average Bonchev–Trinajstić information content (AvgIpc) is 2.23. The molecule has 0 aliphatic heterocycles.